The summed E-state index contributed by atoms with van der Waals surface area (Å²) < 4.78 is 0. The first-order valence-electron chi connectivity index (χ1n) is 9.98. The molecule has 3 N–H and O–H groups in total. The molecule has 2 unspecified atom stereocenters. The summed E-state index contributed by atoms with van der Waals surface area (Å²) in [5.74, 6) is 0.267. The molecule has 0 bridgehead atoms. The smallest absolute Gasteiger partial charge is 0.244 e. The van der Waals surface area contributed by atoms with Crippen LogP contribution in [0.25, 0.3) is 10.9 Å². The Balaban J connectivity index is 1.60. The van der Waals surface area contributed by atoms with E-state index < -0.39 is 6.04 Å². The molecule has 2 aromatic carbocycles. The van der Waals surface area contributed by atoms with Gasteiger partial charge in [0.15, 0.2) is 0 Å². The fraction of sp³-hybridized carbons (Fsp3) is 0.348. The van der Waals surface area contributed by atoms with Crippen LogP contribution < -0.4 is 10.6 Å². The SMILES string of the molecule is CN(C)CC1Cc2c(Cl)cccc2N(C(=O)C(N)Cc2c[nH]c3ccccc23)C1. The largest absolute Gasteiger partial charge is 0.361 e. The van der Waals surface area contributed by atoms with Crippen molar-refractivity contribution in [2.24, 2.45) is 11.7 Å². The van der Waals surface area contributed by atoms with Gasteiger partial charge in [-0.3, -0.25) is 4.79 Å². The first-order chi connectivity index (χ1) is 13.9. The predicted molar refractivity (Wildman–Crippen MR) is 120 cm³/mol. The standard InChI is InChI=1S/C23H27ClN4O/c1-27(2)13-15-10-18-19(24)7-5-9-22(18)28(14-15)23(29)20(25)11-16-12-26-21-8-4-3-6-17(16)21/h3-9,12,15,20,26H,10-11,13-14,25H2,1-2H3. The molecule has 152 valence electrons. The first kappa shape index (κ1) is 20.0. The van der Waals surface area contributed by atoms with Crippen molar-refractivity contribution in [3.63, 3.8) is 0 Å². The molecular weight excluding hydrogens is 384 g/mol. The summed E-state index contributed by atoms with van der Waals surface area (Å²) in [4.78, 5) is 20.7. The highest BCUT2D eigenvalue weighted by Crippen LogP contribution is 2.35. The van der Waals surface area contributed by atoms with Gasteiger partial charge in [-0.25, -0.2) is 0 Å². The Bertz CT molecular complexity index is 1030. The monoisotopic (exact) mass is 410 g/mol. The maximum atomic E-state index is 13.4. The quantitative estimate of drug-likeness (QED) is 0.677. The van der Waals surface area contributed by atoms with Gasteiger partial charge in [0.2, 0.25) is 5.91 Å². The average molecular weight is 411 g/mol. The number of para-hydroxylation sites is 1. The van der Waals surface area contributed by atoms with Gasteiger partial charge in [0, 0.05) is 40.9 Å². The van der Waals surface area contributed by atoms with Gasteiger partial charge in [0.25, 0.3) is 0 Å². The number of aromatic nitrogens is 1. The van der Waals surface area contributed by atoms with Crippen LogP contribution in [0.15, 0.2) is 48.7 Å². The average Bonchev–Trinajstić information content (AvgIpc) is 3.10. The summed E-state index contributed by atoms with van der Waals surface area (Å²) in [5, 5.41) is 1.83. The molecule has 5 nitrogen and oxygen atoms in total. The minimum Gasteiger partial charge on any atom is -0.361 e. The van der Waals surface area contributed by atoms with Crippen LogP contribution in [0.5, 0.6) is 0 Å². The van der Waals surface area contributed by atoms with Crippen molar-refractivity contribution in [2.45, 2.75) is 18.9 Å². The van der Waals surface area contributed by atoms with Gasteiger partial charge in [-0.15, -0.1) is 0 Å². The summed E-state index contributed by atoms with van der Waals surface area (Å²) in [6.07, 6.45) is 3.32. The van der Waals surface area contributed by atoms with E-state index in [1.54, 1.807) is 0 Å². The predicted octanol–water partition coefficient (Wildman–Crippen LogP) is 3.46. The van der Waals surface area contributed by atoms with Gasteiger partial charge in [-0.1, -0.05) is 35.9 Å². The van der Waals surface area contributed by atoms with E-state index in [0.29, 0.717) is 23.9 Å². The number of halogens is 1. The number of hydrogen-bond donors (Lipinski definition) is 2. The Hall–Kier alpha value is -2.34. The second-order valence-electron chi connectivity index (χ2n) is 8.19. The number of amides is 1. The van der Waals surface area contributed by atoms with Gasteiger partial charge in [0.1, 0.15) is 0 Å². The number of nitrogens with two attached hydrogens (primary N) is 1. The van der Waals surface area contributed by atoms with E-state index in [2.05, 4.69) is 30.0 Å². The number of H-pyrrole nitrogens is 1. The second kappa shape index (κ2) is 8.19. The number of hydrogen-bond acceptors (Lipinski definition) is 3. The molecule has 2 atom stereocenters. The Labute approximate surface area is 176 Å². The Morgan fingerprint density at radius 3 is 2.86 bits per heavy atom. The summed E-state index contributed by atoms with van der Waals surface area (Å²) in [7, 11) is 4.11. The highest BCUT2D eigenvalue weighted by atomic mass is 35.5. The summed E-state index contributed by atoms with van der Waals surface area (Å²) in [5.41, 5.74) is 10.5. The zero-order chi connectivity index (χ0) is 20.5. The molecule has 0 aliphatic carbocycles. The van der Waals surface area contributed by atoms with Gasteiger partial charge in [0.05, 0.1) is 6.04 Å². The maximum absolute atomic E-state index is 13.4. The van der Waals surface area contributed by atoms with E-state index in [4.69, 9.17) is 17.3 Å². The molecule has 1 amide bonds. The Kier molecular flexibility index (Phi) is 5.63. The molecule has 6 heteroatoms. The molecular formula is C23H27ClN4O. The topological polar surface area (TPSA) is 65.4 Å². The van der Waals surface area contributed by atoms with E-state index >= 15 is 0 Å². The van der Waals surface area contributed by atoms with E-state index in [1.807, 2.05) is 47.5 Å². The lowest BCUT2D eigenvalue weighted by molar-refractivity contribution is -0.120. The van der Waals surface area contributed by atoms with Crippen molar-refractivity contribution in [1.82, 2.24) is 9.88 Å². The van der Waals surface area contributed by atoms with E-state index in [0.717, 1.165) is 40.7 Å². The van der Waals surface area contributed by atoms with Crippen molar-refractivity contribution in [1.29, 1.82) is 0 Å². The number of rotatable bonds is 5. The van der Waals surface area contributed by atoms with Crippen LogP contribution in [0.3, 0.4) is 0 Å². The van der Waals surface area contributed by atoms with Crippen LogP contribution in [-0.2, 0) is 17.6 Å². The summed E-state index contributed by atoms with van der Waals surface area (Å²) in [6, 6.07) is 13.2. The highest BCUT2D eigenvalue weighted by molar-refractivity contribution is 6.32. The molecule has 0 fully saturated rings. The molecule has 0 saturated carbocycles. The van der Waals surface area contributed by atoms with Crippen LogP contribution in [0.2, 0.25) is 5.02 Å². The van der Waals surface area contributed by atoms with Crippen LogP contribution in [0.4, 0.5) is 5.69 Å². The van der Waals surface area contributed by atoms with Gasteiger partial charge < -0.3 is 20.5 Å². The van der Waals surface area contributed by atoms with Crippen molar-refractivity contribution in [3.05, 3.63) is 64.8 Å². The molecule has 1 aliphatic rings. The van der Waals surface area contributed by atoms with Crippen molar-refractivity contribution in [3.8, 4) is 0 Å². The molecule has 0 spiro atoms. The molecule has 4 rings (SSSR count). The number of fused-ring (bicyclic) bond motifs is 2. The third-order valence-electron chi connectivity index (χ3n) is 5.64. The minimum absolute atomic E-state index is 0.0535. The normalized spacial score (nSPS) is 17.6. The zero-order valence-corrected chi connectivity index (χ0v) is 17.6. The van der Waals surface area contributed by atoms with Crippen LogP contribution in [0.1, 0.15) is 11.1 Å². The summed E-state index contributed by atoms with van der Waals surface area (Å²) in [6.45, 7) is 1.55. The van der Waals surface area contributed by atoms with Gasteiger partial charge in [-0.05, 0) is 62.2 Å². The minimum atomic E-state index is -0.612. The molecule has 3 aromatic rings. The summed E-state index contributed by atoms with van der Waals surface area (Å²) >= 11 is 6.49. The van der Waals surface area contributed by atoms with Gasteiger partial charge >= 0.3 is 0 Å². The number of carbonyl (C=O) groups excluding carboxylic acids is 1. The number of benzene rings is 2. The highest BCUT2D eigenvalue weighted by Gasteiger charge is 2.32. The van der Waals surface area contributed by atoms with Crippen molar-refractivity contribution < 1.29 is 4.79 Å². The van der Waals surface area contributed by atoms with Crippen LogP contribution in [-0.4, -0.2) is 49.0 Å². The fourth-order valence-electron chi connectivity index (χ4n) is 4.38. The van der Waals surface area contributed by atoms with Crippen molar-refractivity contribution in [2.75, 3.05) is 32.1 Å². The van der Waals surface area contributed by atoms with E-state index in [1.165, 1.54) is 0 Å². The van der Waals surface area contributed by atoms with E-state index in [-0.39, 0.29) is 5.91 Å². The van der Waals surface area contributed by atoms with Crippen molar-refractivity contribution >= 4 is 34.1 Å². The Morgan fingerprint density at radius 2 is 2.07 bits per heavy atom. The molecule has 0 radical (unpaired) electrons. The first-order valence-corrected chi connectivity index (χ1v) is 10.4. The molecule has 1 aliphatic heterocycles. The molecule has 1 aromatic heterocycles. The zero-order valence-electron chi connectivity index (χ0n) is 16.9. The lowest BCUT2D eigenvalue weighted by atomic mass is 9.91. The number of anilines is 1. The third-order valence-corrected chi connectivity index (χ3v) is 5.99. The van der Waals surface area contributed by atoms with Crippen LogP contribution in [0, 0.1) is 5.92 Å². The maximum Gasteiger partial charge on any atom is 0.244 e. The lowest BCUT2D eigenvalue weighted by Gasteiger charge is -2.37. The molecule has 2 heterocycles. The second-order valence-corrected chi connectivity index (χ2v) is 8.60. The number of aromatic amines is 1. The number of nitrogens with one attached hydrogen (secondary N) is 1. The third kappa shape index (κ3) is 4.04. The Morgan fingerprint density at radius 1 is 1.28 bits per heavy atom. The van der Waals surface area contributed by atoms with Gasteiger partial charge in [-0.2, -0.15) is 0 Å². The number of carbonyl (C=O) groups is 1. The molecule has 0 saturated heterocycles. The fourth-order valence-corrected chi connectivity index (χ4v) is 4.63. The lowest BCUT2D eigenvalue weighted by Crippen LogP contribution is -2.50. The molecule has 29 heavy (non-hydrogen) atoms. The van der Waals surface area contributed by atoms with Crippen LogP contribution >= 0.6 is 11.6 Å². The number of nitrogens with zero attached hydrogens (tertiary/aromatic N) is 2. The van der Waals surface area contributed by atoms with E-state index in [9.17, 15) is 4.79 Å².